The van der Waals surface area contributed by atoms with Crippen LogP contribution in [0.25, 0.3) is 6.08 Å². The van der Waals surface area contributed by atoms with Crippen LogP contribution in [0, 0.1) is 10.1 Å². The molecule has 0 N–H and O–H groups in total. The van der Waals surface area contributed by atoms with Crippen molar-refractivity contribution in [1.29, 1.82) is 0 Å². The lowest BCUT2D eigenvalue weighted by Gasteiger charge is -2.03. The first-order valence-corrected chi connectivity index (χ1v) is 6.68. The second-order valence-electron chi connectivity index (χ2n) is 3.97. The molecule has 6 nitrogen and oxygen atoms in total. The SMILES string of the molecule is O=C(/C=C/c1ccc([N+](=O)[O-])o1)OCc1ccccc1Br. The van der Waals surface area contributed by atoms with Gasteiger partial charge in [-0.25, -0.2) is 4.79 Å². The predicted molar refractivity (Wildman–Crippen MR) is 78.3 cm³/mol. The van der Waals surface area contributed by atoms with Gasteiger partial charge in [0.05, 0.1) is 6.07 Å². The fourth-order valence-corrected chi connectivity index (χ4v) is 1.89. The third-order valence-corrected chi connectivity index (χ3v) is 3.28. The van der Waals surface area contributed by atoms with E-state index in [9.17, 15) is 14.9 Å². The van der Waals surface area contributed by atoms with E-state index in [1.807, 2.05) is 24.3 Å². The molecule has 0 amide bonds. The van der Waals surface area contributed by atoms with Crippen molar-refractivity contribution < 1.29 is 18.9 Å². The van der Waals surface area contributed by atoms with Crippen molar-refractivity contribution in [3.05, 3.63) is 68.4 Å². The molecular weight excluding hydrogens is 342 g/mol. The van der Waals surface area contributed by atoms with E-state index >= 15 is 0 Å². The number of esters is 1. The minimum Gasteiger partial charge on any atom is -0.458 e. The maximum atomic E-state index is 11.5. The van der Waals surface area contributed by atoms with Crippen LogP contribution < -0.4 is 0 Å². The van der Waals surface area contributed by atoms with Crippen LogP contribution in [-0.4, -0.2) is 10.9 Å². The van der Waals surface area contributed by atoms with Crippen LogP contribution in [0.2, 0.25) is 0 Å². The van der Waals surface area contributed by atoms with Gasteiger partial charge in [0, 0.05) is 16.1 Å². The Morgan fingerprint density at radius 3 is 2.76 bits per heavy atom. The Labute approximate surface area is 128 Å². The van der Waals surface area contributed by atoms with Crippen LogP contribution in [0.5, 0.6) is 0 Å². The van der Waals surface area contributed by atoms with Crippen molar-refractivity contribution in [2.24, 2.45) is 0 Å². The molecule has 1 aromatic carbocycles. The number of nitro groups is 1. The Bertz CT molecular complexity index is 692. The van der Waals surface area contributed by atoms with Gasteiger partial charge in [-0.05, 0) is 18.2 Å². The predicted octanol–water partition coefficient (Wildman–Crippen LogP) is 3.71. The Kier molecular flexibility index (Phi) is 4.89. The van der Waals surface area contributed by atoms with Gasteiger partial charge in [-0.3, -0.25) is 10.1 Å². The van der Waals surface area contributed by atoms with Crippen molar-refractivity contribution in [3.8, 4) is 0 Å². The summed E-state index contributed by atoms with van der Waals surface area (Å²) in [5.41, 5.74) is 0.841. The standard InChI is InChI=1S/C14H10BrNO5/c15-12-4-2-1-3-10(12)9-20-14(17)8-6-11-5-7-13(21-11)16(18)19/h1-8H,9H2/b8-6+. The van der Waals surface area contributed by atoms with E-state index in [-0.39, 0.29) is 18.3 Å². The van der Waals surface area contributed by atoms with Gasteiger partial charge in [0.25, 0.3) is 0 Å². The van der Waals surface area contributed by atoms with Gasteiger partial charge >= 0.3 is 11.9 Å². The fraction of sp³-hybridized carbons (Fsp3) is 0.0714. The lowest BCUT2D eigenvalue weighted by Crippen LogP contribution is -2.01. The fourth-order valence-electron chi connectivity index (χ4n) is 1.49. The molecule has 0 spiro atoms. The van der Waals surface area contributed by atoms with Crippen LogP contribution in [0.15, 0.2) is 51.4 Å². The highest BCUT2D eigenvalue weighted by molar-refractivity contribution is 9.10. The quantitative estimate of drug-likeness (QED) is 0.355. The highest BCUT2D eigenvalue weighted by Crippen LogP contribution is 2.18. The van der Waals surface area contributed by atoms with E-state index in [1.54, 1.807) is 0 Å². The third-order valence-electron chi connectivity index (χ3n) is 2.50. The number of furan rings is 1. The first kappa shape index (κ1) is 15.0. The maximum absolute atomic E-state index is 11.5. The highest BCUT2D eigenvalue weighted by atomic mass is 79.9. The first-order valence-electron chi connectivity index (χ1n) is 5.89. The van der Waals surface area contributed by atoms with Gasteiger partial charge in [0.1, 0.15) is 17.3 Å². The van der Waals surface area contributed by atoms with E-state index in [0.717, 1.165) is 16.1 Å². The van der Waals surface area contributed by atoms with Crippen molar-refractivity contribution in [2.75, 3.05) is 0 Å². The van der Waals surface area contributed by atoms with E-state index in [2.05, 4.69) is 15.9 Å². The number of carbonyl (C=O) groups excluding carboxylic acids is 1. The number of hydrogen-bond donors (Lipinski definition) is 0. The summed E-state index contributed by atoms with van der Waals surface area (Å²) < 4.78 is 10.8. The number of rotatable bonds is 5. The molecule has 108 valence electrons. The highest BCUT2D eigenvalue weighted by Gasteiger charge is 2.10. The van der Waals surface area contributed by atoms with Gasteiger partial charge in [0.2, 0.25) is 0 Å². The molecule has 21 heavy (non-hydrogen) atoms. The zero-order chi connectivity index (χ0) is 15.2. The summed E-state index contributed by atoms with van der Waals surface area (Å²) in [7, 11) is 0. The van der Waals surface area contributed by atoms with E-state index in [1.165, 1.54) is 18.2 Å². The molecule has 0 unspecified atom stereocenters. The summed E-state index contributed by atoms with van der Waals surface area (Å²) >= 11 is 3.35. The second kappa shape index (κ2) is 6.85. The molecule has 1 aromatic heterocycles. The maximum Gasteiger partial charge on any atom is 0.433 e. The van der Waals surface area contributed by atoms with Crippen molar-refractivity contribution >= 4 is 33.9 Å². The van der Waals surface area contributed by atoms with E-state index in [4.69, 9.17) is 9.15 Å². The van der Waals surface area contributed by atoms with Crippen molar-refractivity contribution in [2.45, 2.75) is 6.61 Å². The van der Waals surface area contributed by atoms with Crippen LogP contribution in [-0.2, 0) is 16.1 Å². The smallest absolute Gasteiger partial charge is 0.433 e. The lowest BCUT2D eigenvalue weighted by molar-refractivity contribution is -0.402. The van der Waals surface area contributed by atoms with Gasteiger partial charge in [-0.2, -0.15) is 0 Å². The Hall–Kier alpha value is -2.41. The Balaban J connectivity index is 1.90. The molecule has 0 aliphatic heterocycles. The molecule has 0 aliphatic rings. The monoisotopic (exact) mass is 351 g/mol. The second-order valence-corrected chi connectivity index (χ2v) is 4.82. The number of nitrogens with zero attached hydrogens (tertiary/aromatic N) is 1. The zero-order valence-electron chi connectivity index (χ0n) is 10.7. The number of halogens is 1. The zero-order valence-corrected chi connectivity index (χ0v) is 12.3. The molecule has 0 bridgehead atoms. The molecule has 0 fully saturated rings. The van der Waals surface area contributed by atoms with Crippen LogP contribution in [0.3, 0.4) is 0 Å². The molecule has 7 heteroatoms. The Morgan fingerprint density at radius 1 is 1.33 bits per heavy atom. The molecule has 0 saturated carbocycles. The molecule has 0 aliphatic carbocycles. The average molecular weight is 352 g/mol. The summed E-state index contributed by atoms with van der Waals surface area (Å²) in [6.45, 7) is 0.128. The summed E-state index contributed by atoms with van der Waals surface area (Å²) in [5, 5.41) is 10.4. The lowest BCUT2D eigenvalue weighted by atomic mass is 10.2. The van der Waals surface area contributed by atoms with Crippen LogP contribution in [0.4, 0.5) is 5.88 Å². The van der Waals surface area contributed by atoms with Crippen molar-refractivity contribution in [1.82, 2.24) is 0 Å². The molecule has 0 radical (unpaired) electrons. The summed E-state index contributed by atoms with van der Waals surface area (Å²) in [5.74, 6) is -0.736. The van der Waals surface area contributed by atoms with Gasteiger partial charge < -0.3 is 9.15 Å². The Morgan fingerprint density at radius 2 is 2.10 bits per heavy atom. The topological polar surface area (TPSA) is 82.6 Å². The van der Waals surface area contributed by atoms with E-state index < -0.39 is 10.9 Å². The summed E-state index contributed by atoms with van der Waals surface area (Å²) in [6, 6.07) is 9.99. The summed E-state index contributed by atoms with van der Waals surface area (Å²) in [4.78, 5) is 21.3. The summed E-state index contributed by atoms with van der Waals surface area (Å²) in [6.07, 6.45) is 2.47. The van der Waals surface area contributed by atoms with Gasteiger partial charge in [0.15, 0.2) is 0 Å². The molecule has 2 aromatic rings. The number of hydrogen-bond acceptors (Lipinski definition) is 5. The minimum absolute atomic E-state index is 0.128. The number of ether oxygens (including phenoxy) is 1. The van der Waals surface area contributed by atoms with Crippen molar-refractivity contribution in [3.63, 3.8) is 0 Å². The molecule has 0 atom stereocenters. The van der Waals surface area contributed by atoms with Crippen LogP contribution >= 0.6 is 15.9 Å². The molecule has 0 saturated heterocycles. The third kappa shape index (κ3) is 4.28. The minimum atomic E-state index is -0.650. The number of benzene rings is 1. The van der Waals surface area contributed by atoms with Crippen LogP contribution in [0.1, 0.15) is 11.3 Å². The molecule has 2 rings (SSSR count). The number of carbonyl (C=O) groups is 1. The molecular formula is C14H10BrNO5. The van der Waals surface area contributed by atoms with Gasteiger partial charge in [-0.1, -0.05) is 34.1 Å². The normalized spacial score (nSPS) is 10.7. The average Bonchev–Trinajstić information content (AvgIpc) is 2.93. The first-order chi connectivity index (χ1) is 10.1. The van der Waals surface area contributed by atoms with Gasteiger partial charge in [-0.15, -0.1) is 0 Å². The largest absolute Gasteiger partial charge is 0.458 e. The molecule has 1 heterocycles. The van der Waals surface area contributed by atoms with E-state index in [0.29, 0.717) is 0 Å².